The van der Waals surface area contributed by atoms with Crippen molar-refractivity contribution in [1.82, 2.24) is 14.9 Å². The molecule has 0 bridgehead atoms. The van der Waals surface area contributed by atoms with Gasteiger partial charge in [-0.1, -0.05) is 18.2 Å². The first-order valence-electron chi connectivity index (χ1n) is 8.89. The highest BCUT2D eigenvalue weighted by Crippen LogP contribution is 2.16. The second-order valence-electron chi connectivity index (χ2n) is 6.41. The van der Waals surface area contributed by atoms with Crippen molar-refractivity contribution in [1.29, 1.82) is 0 Å². The molecule has 0 unspecified atom stereocenters. The molecule has 0 atom stereocenters. The average Bonchev–Trinajstić information content (AvgIpc) is 3.20. The maximum absolute atomic E-state index is 12.4. The molecule has 2 heterocycles. The summed E-state index contributed by atoms with van der Waals surface area (Å²) in [5, 5.41) is 0. The number of piperazine rings is 1. The predicted molar refractivity (Wildman–Crippen MR) is 102 cm³/mol. The van der Waals surface area contributed by atoms with E-state index in [0.29, 0.717) is 18.7 Å². The molecule has 1 amide bonds. The van der Waals surface area contributed by atoms with Crippen LogP contribution in [-0.4, -0.2) is 59.5 Å². The summed E-state index contributed by atoms with van der Waals surface area (Å²) in [4.78, 5) is 35.6. The zero-order valence-electron chi connectivity index (χ0n) is 14.8. The maximum Gasteiger partial charge on any atom is 0.338 e. The number of aromatic nitrogens is 2. The van der Waals surface area contributed by atoms with Gasteiger partial charge < -0.3 is 19.5 Å². The first-order valence-corrected chi connectivity index (χ1v) is 8.89. The molecule has 7 heteroatoms. The van der Waals surface area contributed by atoms with E-state index in [-0.39, 0.29) is 12.5 Å². The Hall–Kier alpha value is -3.35. The summed E-state index contributed by atoms with van der Waals surface area (Å²) in [6.07, 6.45) is 1.57. The lowest BCUT2D eigenvalue weighted by Crippen LogP contribution is -2.49. The lowest BCUT2D eigenvalue weighted by Gasteiger charge is -2.36. The summed E-state index contributed by atoms with van der Waals surface area (Å²) in [5.41, 5.74) is 3.09. The van der Waals surface area contributed by atoms with Crippen LogP contribution in [0.15, 0.2) is 54.9 Å². The third-order valence-electron chi connectivity index (χ3n) is 4.74. The van der Waals surface area contributed by atoms with Gasteiger partial charge in [-0.05, 0) is 30.3 Å². The van der Waals surface area contributed by atoms with Crippen LogP contribution >= 0.6 is 0 Å². The number of nitrogens with zero attached hydrogens (tertiary/aromatic N) is 3. The number of carbonyl (C=O) groups excluding carboxylic acids is 2. The molecule has 1 aliphatic heterocycles. The van der Waals surface area contributed by atoms with E-state index in [4.69, 9.17) is 4.74 Å². The molecule has 138 valence electrons. The Morgan fingerprint density at radius 3 is 2.59 bits per heavy atom. The lowest BCUT2D eigenvalue weighted by atomic mass is 10.2. The first-order chi connectivity index (χ1) is 13.2. The number of rotatable bonds is 4. The van der Waals surface area contributed by atoms with Crippen LogP contribution in [0, 0.1) is 0 Å². The van der Waals surface area contributed by atoms with Gasteiger partial charge in [-0.3, -0.25) is 4.79 Å². The minimum Gasteiger partial charge on any atom is -0.452 e. The number of hydrogen-bond donors (Lipinski definition) is 1. The quantitative estimate of drug-likeness (QED) is 0.717. The third kappa shape index (κ3) is 3.76. The van der Waals surface area contributed by atoms with Crippen LogP contribution in [0.5, 0.6) is 0 Å². The lowest BCUT2D eigenvalue weighted by molar-refractivity contribution is -0.134. The third-order valence-corrected chi connectivity index (χ3v) is 4.74. The van der Waals surface area contributed by atoms with E-state index in [2.05, 4.69) is 27.0 Å². The second-order valence-corrected chi connectivity index (χ2v) is 6.41. The van der Waals surface area contributed by atoms with Gasteiger partial charge in [0.25, 0.3) is 5.91 Å². The Kier molecular flexibility index (Phi) is 4.74. The molecular weight excluding hydrogens is 344 g/mol. The number of fused-ring (bicyclic) bond motifs is 1. The fourth-order valence-corrected chi connectivity index (χ4v) is 3.22. The number of ether oxygens (including phenoxy) is 1. The molecule has 2 aromatic carbocycles. The van der Waals surface area contributed by atoms with Crippen LogP contribution in [0.4, 0.5) is 5.69 Å². The fraction of sp³-hybridized carbons (Fsp3) is 0.250. The Labute approximate surface area is 156 Å². The normalized spacial score (nSPS) is 14.4. The van der Waals surface area contributed by atoms with E-state index in [0.717, 1.165) is 29.8 Å². The minimum absolute atomic E-state index is 0.168. The second kappa shape index (κ2) is 7.49. The van der Waals surface area contributed by atoms with Crippen LogP contribution in [0.25, 0.3) is 11.0 Å². The molecule has 1 N–H and O–H groups in total. The van der Waals surface area contributed by atoms with E-state index in [1.165, 1.54) is 0 Å². The zero-order chi connectivity index (χ0) is 18.6. The zero-order valence-corrected chi connectivity index (χ0v) is 14.8. The van der Waals surface area contributed by atoms with E-state index in [9.17, 15) is 9.59 Å². The van der Waals surface area contributed by atoms with Crippen LogP contribution in [-0.2, 0) is 9.53 Å². The average molecular weight is 364 g/mol. The number of imidazole rings is 1. The van der Waals surface area contributed by atoms with Crippen molar-refractivity contribution in [2.75, 3.05) is 37.7 Å². The molecule has 3 aromatic rings. The van der Waals surface area contributed by atoms with Gasteiger partial charge in [0.2, 0.25) is 0 Å². The van der Waals surface area contributed by atoms with Crippen LogP contribution < -0.4 is 4.90 Å². The van der Waals surface area contributed by atoms with Gasteiger partial charge in [0, 0.05) is 31.9 Å². The van der Waals surface area contributed by atoms with Crippen molar-refractivity contribution in [3.05, 3.63) is 60.4 Å². The number of H-pyrrole nitrogens is 1. The molecule has 4 rings (SSSR count). The molecule has 0 aliphatic carbocycles. The molecule has 1 saturated heterocycles. The number of nitrogens with one attached hydrogen (secondary N) is 1. The number of anilines is 1. The topological polar surface area (TPSA) is 78.5 Å². The highest BCUT2D eigenvalue weighted by Gasteiger charge is 2.22. The highest BCUT2D eigenvalue weighted by atomic mass is 16.5. The van der Waals surface area contributed by atoms with Crippen LogP contribution in [0.2, 0.25) is 0 Å². The SMILES string of the molecule is O=C(OCC(=O)N1CCN(c2ccccc2)CC1)c1ccc2nc[nH]c2c1. The van der Waals surface area contributed by atoms with Crippen molar-refractivity contribution >= 4 is 28.6 Å². The number of para-hydroxylation sites is 1. The number of aromatic amines is 1. The standard InChI is InChI=1S/C20H20N4O3/c25-19(24-10-8-23(9-11-24)16-4-2-1-3-5-16)13-27-20(26)15-6-7-17-18(12-15)22-14-21-17/h1-7,12,14H,8-11,13H2,(H,21,22). The molecule has 7 nitrogen and oxygen atoms in total. The Bertz CT molecular complexity index is 946. The number of amides is 1. The Morgan fingerprint density at radius 1 is 1.04 bits per heavy atom. The number of hydrogen-bond acceptors (Lipinski definition) is 5. The van der Waals surface area contributed by atoms with E-state index < -0.39 is 5.97 Å². The van der Waals surface area contributed by atoms with E-state index in [1.807, 2.05) is 18.2 Å². The Balaban J connectivity index is 1.29. The van der Waals surface area contributed by atoms with Gasteiger partial charge in [0.15, 0.2) is 6.61 Å². The van der Waals surface area contributed by atoms with Gasteiger partial charge >= 0.3 is 5.97 Å². The molecule has 0 radical (unpaired) electrons. The first kappa shape index (κ1) is 17.1. The van der Waals surface area contributed by atoms with Gasteiger partial charge in [0.05, 0.1) is 22.9 Å². The summed E-state index contributed by atoms with van der Waals surface area (Å²) in [7, 11) is 0. The minimum atomic E-state index is -0.511. The van der Waals surface area contributed by atoms with Crippen molar-refractivity contribution in [3.8, 4) is 0 Å². The van der Waals surface area contributed by atoms with E-state index in [1.54, 1.807) is 29.4 Å². The van der Waals surface area contributed by atoms with Gasteiger partial charge in [-0.2, -0.15) is 0 Å². The summed E-state index contributed by atoms with van der Waals surface area (Å²) in [6, 6.07) is 15.2. The fourth-order valence-electron chi connectivity index (χ4n) is 3.22. The van der Waals surface area contributed by atoms with Crippen LogP contribution in [0.3, 0.4) is 0 Å². The summed E-state index contributed by atoms with van der Waals surface area (Å²) < 4.78 is 5.20. The number of benzene rings is 2. The van der Waals surface area contributed by atoms with Crippen LogP contribution in [0.1, 0.15) is 10.4 Å². The Morgan fingerprint density at radius 2 is 1.81 bits per heavy atom. The molecule has 0 spiro atoms. The summed E-state index contributed by atoms with van der Waals surface area (Å²) in [6.45, 7) is 2.52. The van der Waals surface area contributed by atoms with Gasteiger partial charge in [-0.15, -0.1) is 0 Å². The van der Waals surface area contributed by atoms with Gasteiger partial charge in [-0.25, -0.2) is 9.78 Å². The summed E-state index contributed by atoms with van der Waals surface area (Å²) >= 11 is 0. The number of carbonyl (C=O) groups is 2. The van der Waals surface area contributed by atoms with Crippen molar-refractivity contribution in [2.24, 2.45) is 0 Å². The van der Waals surface area contributed by atoms with Crippen molar-refractivity contribution in [2.45, 2.75) is 0 Å². The molecule has 1 aromatic heterocycles. The molecule has 27 heavy (non-hydrogen) atoms. The largest absolute Gasteiger partial charge is 0.452 e. The van der Waals surface area contributed by atoms with E-state index >= 15 is 0 Å². The molecule has 1 fully saturated rings. The highest BCUT2D eigenvalue weighted by molar-refractivity contribution is 5.94. The summed E-state index contributed by atoms with van der Waals surface area (Å²) in [5.74, 6) is -0.679. The maximum atomic E-state index is 12.4. The van der Waals surface area contributed by atoms with Crippen molar-refractivity contribution in [3.63, 3.8) is 0 Å². The number of esters is 1. The monoisotopic (exact) mass is 364 g/mol. The molecular formula is C20H20N4O3. The predicted octanol–water partition coefficient (Wildman–Crippen LogP) is 2.07. The van der Waals surface area contributed by atoms with Crippen molar-refractivity contribution < 1.29 is 14.3 Å². The molecule has 1 aliphatic rings. The smallest absolute Gasteiger partial charge is 0.338 e. The van der Waals surface area contributed by atoms with Gasteiger partial charge in [0.1, 0.15) is 0 Å². The molecule has 0 saturated carbocycles.